The van der Waals surface area contributed by atoms with Gasteiger partial charge in [0.25, 0.3) is 0 Å². The lowest BCUT2D eigenvalue weighted by Crippen LogP contribution is -2.09. The largest absolute Gasteiger partial charge is 0.0937 e. The molecule has 0 N–H and O–H groups in total. The summed E-state index contributed by atoms with van der Waals surface area (Å²) in [5, 5.41) is 3.62. The quantitative estimate of drug-likeness (QED) is 0.251. The fourth-order valence-electron chi connectivity index (χ4n) is 2.25. The van der Waals surface area contributed by atoms with Crippen LogP contribution in [0.15, 0.2) is 17.3 Å². The summed E-state index contributed by atoms with van der Waals surface area (Å²) < 4.78 is 0. The molecular formula is C8H11N3. The number of fused-ring (bicyclic) bond motifs is 2. The second kappa shape index (κ2) is 2.59. The molecule has 2 rings (SSSR count). The fourth-order valence-corrected chi connectivity index (χ4v) is 2.25. The van der Waals surface area contributed by atoms with Crippen molar-refractivity contribution in [2.45, 2.75) is 12.8 Å². The maximum absolute atomic E-state index is 8.14. The number of allylic oxidation sites excluding steroid dienone is 2. The summed E-state index contributed by atoms with van der Waals surface area (Å²) >= 11 is 0. The highest BCUT2D eigenvalue weighted by Crippen LogP contribution is 2.43. The monoisotopic (exact) mass is 149 g/mol. The first-order valence-electron chi connectivity index (χ1n) is 4.09. The van der Waals surface area contributed by atoms with Crippen molar-refractivity contribution in [3.05, 3.63) is 22.6 Å². The number of hydrogen-bond acceptors (Lipinski definition) is 1. The normalized spacial score (nSPS) is 39.1. The first-order chi connectivity index (χ1) is 5.40. The Morgan fingerprint density at radius 2 is 2.36 bits per heavy atom. The lowest BCUT2D eigenvalue weighted by molar-refractivity contribution is 0.459. The van der Waals surface area contributed by atoms with Crippen molar-refractivity contribution in [2.75, 3.05) is 6.54 Å². The maximum Gasteiger partial charge on any atom is 0.0292 e. The zero-order valence-electron chi connectivity index (χ0n) is 6.35. The molecule has 0 aliphatic heterocycles. The molecule has 0 aromatic rings. The van der Waals surface area contributed by atoms with Gasteiger partial charge in [-0.25, -0.2) is 0 Å². The number of rotatable bonds is 2. The van der Waals surface area contributed by atoms with Gasteiger partial charge in [-0.05, 0) is 36.1 Å². The van der Waals surface area contributed by atoms with Gasteiger partial charge in [0.05, 0.1) is 0 Å². The van der Waals surface area contributed by atoms with Gasteiger partial charge in [0, 0.05) is 11.5 Å². The molecule has 2 aliphatic carbocycles. The molecule has 0 saturated heterocycles. The molecule has 0 heterocycles. The molecule has 3 heteroatoms. The highest BCUT2D eigenvalue weighted by atomic mass is 15.1. The summed E-state index contributed by atoms with van der Waals surface area (Å²) in [4.78, 5) is 2.78. The van der Waals surface area contributed by atoms with Gasteiger partial charge in [0.1, 0.15) is 0 Å². The Balaban J connectivity index is 1.98. The standard InChI is InChI=1S/C8H11N3/c9-11-10-5-8-4-6-1-2-7(8)3-6/h1-2,6-8H,3-5H2. The first kappa shape index (κ1) is 6.74. The van der Waals surface area contributed by atoms with Gasteiger partial charge in [-0.15, -0.1) is 0 Å². The van der Waals surface area contributed by atoms with E-state index in [4.69, 9.17) is 5.53 Å². The summed E-state index contributed by atoms with van der Waals surface area (Å²) in [6, 6.07) is 0. The van der Waals surface area contributed by atoms with E-state index in [2.05, 4.69) is 22.2 Å². The van der Waals surface area contributed by atoms with Crippen molar-refractivity contribution in [3.63, 3.8) is 0 Å². The van der Waals surface area contributed by atoms with Crippen molar-refractivity contribution in [1.29, 1.82) is 0 Å². The van der Waals surface area contributed by atoms with E-state index in [9.17, 15) is 0 Å². The van der Waals surface area contributed by atoms with E-state index in [0.29, 0.717) is 18.4 Å². The van der Waals surface area contributed by atoms with Crippen LogP contribution < -0.4 is 0 Å². The van der Waals surface area contributed by atoms with E-state index >= 15 is 0 Å². The second-order valence-corrected chi connectivity index (χ2v) is 3.45. The van der Waals surface area contributed by atoms with E-state index in [1.807, 2.05) is 0 Å². The van der Waals surface area contributed by atoms with Gasteiger partial charge in [-0.1, -0.05) is 17.3 Å². The molecule has 3 atom stereocenters. The molecule has 3 nitrogen and oxygen atoms in total. The minimum absolute atomic E-state index is 0.640. The second-order valence-electron chi connectivity index (χ2n) is 3.45. The third-order valence-corrected chi connectivity index (χ3v) is 2.80. The zero-order valence-corrected chi connectivity index (χ0v) is 6.35. The molecule has 11 heavy (non-hydrogen) atoms. The Kier molecular flexibility index (Phi) is 1.59. The lowest BCUT2D eigenvalue weighted by atomic mass is 9.94. The molecule has 0 aromatic carbocycles. The Bertz CT molecular complexity index is 227. The minimum Gasteiger partial charge on any atom is -0.0937 e. The molecule has 2 bridgehead atoms. The predicted molar refractivity (Wildman–Crippen MR) is 42.9 cm³/mol. The van der Waals surface area contributed by atoms with Crippen molar-refractivity contribution in [3.8, 4) is 0 Å². The molecule has 1 saturated carbocycles. The van der Waals surface area contributed by atoms with Crippen molar-refractivity contribution < 1.29 is 0 Å². The number of nitrogens with zero attached hydrogens (tertiary/aromatic N) is 3. The van der Waals surface area contributed by atoms with E-state index in [1.54, 1.807) is 0 Å². The van der Waals surface area contributed by atoms with Crippen LogP contribution in [0.25, 0.3) is 10.4 Å². The molecule has 0 aromatic heterocycles. The van der Waals surface area contributed by atoms with E-state index < -0.39 is 0 Å². The van der Waals surface area contributed by atoms with Crippen LogP contribution in [0.5, 0.6) is 0 Å². The summed E-state index contributed by atoms with van der Waals surface area (Å²) in [5.74, 6) is 2.14. The Morgan fingerprint density at radius 1 is 1.45 bits per heavy atom. The van der Waals surface area contributed by atoms with E-state index in [-0.39, 0.29) is 0 Å². The van der Waals surface area contributed by atoms with Gasteiger partial charge in [-0.2, -0.15) is 0 Å². The van der Waals surface area contributed by atoms with Gasteiger partial charge >= 0.3 is 0 Å². The van der Waals surface area contributed by atoms with Crippen LogP contribution >= 0.6 is 0 Å². The van der Waals surface area contributed by atoms with Crippen LogP contribution in [0.3, 0.4) is 0 Å². The average Bonchev–Trinajstić information content (AvgIpc) is 2.60. The SMILES string of the molecule is [N-]=[N+]=NCC1CC2C=CC1C2. The van der Waals surface area contributed by atoms with Crippen LogP contribution in [0.1, 0.15) is 12.8 Å². The Hall–Kier alpha value is -0.950. The predicted octanol–water partition coefficient (Wildman–Crippen LogP) is 2.51. The van der Waals surface area contributed by atoms with Crippen LogP contribution in [0, 0.1) is 17.8 Å². The summed E-state index contributed by atoms with van der Waals surface area (Å²) in [7, 11) is 0. The zero-order chi connectivity index (χ0) is 7.68. The Labute approximate surface area is 65.7 Å². The van der Waals surface area contributed by atoms with Crippen molar-refractivity contribution in [1.82, 2.24) is 0 Å². The van der Waals surface area contributed by atoms with Gasteiger partial charge in [0.2, 0.25) is 0 Å². The summed E-state index contributed by atoms with van der Waals surface area (Å²) in [6.07, 6.45) is 7.12. The van der Waals surface area contributed by atoms with E-state index in [1.165, 1.54) is 12.8 Å². The maximum atomic E-state index is 8.14. The minimum atomic E-state index is 0.640. The van der Waals surface area contributed by atoms with Gasteiger partial charge in [-0.3, -0.25) is 0 Å². The lowest BCUT2D eigenvalue weighted by Gasteiger charge is -2.14. The molecular weight excluding hydrogens is 138 g/mol. The molecule has 0 amide bonds. The highest BCUT2D eigenvalue weighted by molar-refractivity contribution is 5.10. The van der Waals surface area contributed by atoms with Crippen molar-refractivity contribution >= 4 is 0 Å². The molecule has 58 valence electrons. The molecule has 0 radical (unpaired) electrons. The number of azide groups is 1. The van der Waals surface area contributed by atoms with Crippen LogP contribution in [0.2, 0.25) is 0 Å². The molecule has 3 unspecified atom stereocenters. The van der Waals surface area contributed by atoms with Crippen LogP contribution in [-0.2, 0) is 0 Å². The summed E-state index contributed by atoms with van der Waals surface area (Å²) in [5.41, 5.74) is 8.14. The summed E-state index contributed by atoms with van der Waals surface area (Å²) in [6.45, 7) is 0.696. The topological polar surface area (TPSA) is 48.8 Å². The van der Waals surface area contributed by atoms with Crippen LogP contribution in [0.4, 0.5) is 0 Å². The third kappa shape index (κ3) is 1.12. The highest BCUT2D eigenvalue weighted by Gasteiger charge is 2.34. The van der Waals surface area contributed by atoms with Crippen molar-refractivity contribution in [2.24, 2.45) is 22.9 Å². The third-order valence-electron chi connectivity index (χ3n) is 2.80. The Morgan fingerprint density at radius 3 is 2.91 bits per heavy atom. The molecule has 1 fully saturated rings. The smallest absolute Gasteiger partial charge is 0.0292 e. The molecule has 2 aliphatic rings. The van der Waals surface area contributed by atoms with Gasteiger partial charge in [0.15, 0.2) is 0 Å². The average molecular weight is 149 g/mol. The fraction of sp³-hybridized carbons (Fsp3) is 0.750. The van der Waals surface area contributed by atoms with E-state index in [0.717, 1.165) is 5.92 Å². The van der Waals surface area contributed by atoms with Gasteiger partial charge < -0.3 is 0 Å². The molecule has 0 spiro atoms. The van der Waals surface area contributed by atoms with Crippen LogP contribution in [-0.4, -0.2) is 6.54 Å². The first-order valence-corrected chi connectivity index (χ1v) is 4.09. The number of hydrogen-bond donors (Lipinski definition) is 0.